The molecule has 0 atom stereocenters. The Kier molecular flexibility index (Phi) is 5.81. The zero-order valence-electron chi connectivity index (χ0n) is 17.1. The topological polar surface area (TPSA) is 66.9 Å². The van der Waals surface area contributed by atoms with Crippen molar-refractivity contribution in [3.63, 3.8) is 0 Å². The molecule has 2 fully saturated rings. The molecule has 2 aliphatic rings. The number of likely N-dealkylation sites (tertiary alicyclic amines) is 1. The molecule has 0 N–H and O–H groups in total. The Morgan fingerprint density at radius 1 is 1.13 bits per heavy atom. The lowest BCUT2D eigenvalue weighted by molar-refractivity contribution is -0.136. The van der Waals surface area contributed by atoms with Gasteiger partial charge in [0, 0.05) is 18.5 Å². The summed E-state index contributed by atoms with van der Waals surface area (Å²) in [6.45, 7) is 3.35. The van der Waals surface area contributed by atoms with Crippen LogP contribution in [0.15, 0.2) is 41.3 Å². The number of amides is 3. The lowest BCUT2D eigenvalue weighted by atomic mass is 9.99. The molecule has 2 aliphatic heterocycles. The molecule has 0 bridgehead atoms. The molecular weight excluding hydrogens is 400 g/mol. The zero-order valence-corrected chi connectivity index (χ0v) is 17.9. The summed E-state index contributed by atoms with van der Waals surface area (Å²) in [6.07, 6.45) is 3.63. The minimum absolute atomic E-state index is 0.166. The Hall–Kier alpha value is -2.80. The lowest BCUT2D eigenvalue weighted by Crippen LogP contribution is -2.45. The lowest BCUT2D eigenvalue weighted by Gasteiger charge is -2.31. The highest BCUT2D eigenvalue weighted by Crippen LogP contribution is 2.35. The van der Waals surface area contributed by atoms with Gasteiger partial charge in [0.05, 0.1) is 12.0 Å². The minimum atomic E-state index is -0.413. The van der Waals surface area contributed by atoms with Crippen molar-refractivity contribution >= 4 is 45.7 Å². The van der Waals surface area contributed by atoms with Crippen LogP contribution in [0.3, 0.4) is 0 Å². The second-order valence-corrected chi connectivity index (χ2v) is 8.73. The van der Waals surface area contributed by atoms with Crippen molar-refractivity contribution < 1.29 is 19.1 Å². The Morgan fingerprint density at radius 3 is 2.53 bits per heavy atom. The van der Waals surface area contributed by atoms with Gasteiger partial charge in [0.15, 0.2) is 0 Å². The summed E-state index contributed by atoms with van der Waals surface area (Å²) in [4.78, 5) is 41.1. The van der Waals surface area contributed by atoms with Gasteiger partial charge in [0.2, 0.25) is 5.91 Å². The van der Waals surface area contributed by atoms with Crippen molar-refractivity contribution in [1.29, 1.82) is 0 Å². The van der Waals surface area contributed by atoms with E-state index in [0.29, 0.717) is 23.9 Å². The second-order valence-electron chi connectivity index (χ2n) is 7.73. The third-order valence-electron chi connectivity index (χ3n) is 5.73. The van der Waals surface area contributed by atoms with Crippen molar-refractivity contribution in [1.82, 2.24) is 9.80 Å². The molecule has 7 heteroatoms. The number of benzene rings is 2. The largest absolute Gasteiger partial charge is 0.496 e. The van der Waals surface area contributed by atoms with E-state index in [4.69, 9.17) is 4.74 Å². The molecule has 0 aliphatic carbocycles. The van der Waals surface area contributed by atoms with Crippen LogP contribution < -0.4 is 4.74 Å². The number of methoxy groups -OCH3 is 1. The van der Waals surface area contributed by atoms with Crippen LogP contribution in [-0.4, -0.2) is 53.6 Å². The normalized spacial score (nSPS) is 19.2. The number of ether oxygens (including phenoxy) is 1. The Bertz CT molecular complexity index is 1040. The fraction of sp³-hybridized carbons (Fsp3) is 0.348. The maximum atomic E-state index is 12.9. The van der Waals surface area contributed by atoms with E-state index in [0.717, 1.165) is 51.6 Å². The van der Waals surface area contributed by atoms with Crippen molar-refractivity contribution in [3.05, 3.63) is 46.9 Å². The summed E-state index contributed by atoms with van der Waals surface area (Å²) in [5.41, 5.74) is 0.827. The third-order valence-corrected chi connectivity index (χ3v) is 6.63. The van der Waals surface area contributed by atoms with Crippen LogP contribution in [-0.2, 0) is 9.59 Å². The maximum Gasteiger partial charge on any atom is 0.294 e. The smallest absolute Gasteiger partial charge is 0.294 e. The van der Waals surface area contributed by atoms with Gasteiger partial charge in [-0.15, -0.1) is 0 Å². The SMILES string of the molecule is COc1ccc(/C=C2/SC(=O)N(CC(=O)N3CCC(C)CC3)C2=O)c2ccccc12. The van der Waals surface area contributed by atoms with Gasteiger partial charge in [-0.05, 0) is 53.6 Å². The summed E-state index contributed by atoms with van der Waals surface area (Å²) in [6, 6.07) is 11.5. The summed E-state index contributed by atoms with van der Waals surface area (Å²) in [5.74, 6) is 0.773. The molecule has 0 radical (unpaired) electrons. The first-order chi connectivity index (χ1) is 14.5. The summed E-state index contributed by atoms with van der Waals surface area (Å²) in [7, 11) is 1.62. The van der Waals surface area contributed by atoms with Crippen LogP contribution in [0.25, 0.3) is 16.8 Å². The summed E-state index contributed by atoms with van der Waals surface area (Å²) in [5, 5.41) is 1.47. The van der Waals surface area contributed by atoms with Gasteiger partial charge in [-0.3, -0.25) is 19.3 Å². The monoisotopic (exact) mass is 424 g/mol. The first kappa shape index (κ1) is 20.5. The second kappa shape index (κ2) is 8.52. The van der Waals surface area contributed by atoms with Crippen LogP contribution in [0, 0.1) is 5.92 Å². The maximum absolute atomic E-state index is 12.9. The van der Waals surface area contributed by atoms with Crippen LogP contribution >= 0.6 is 11.8 Å². The number of carbonyl (C=O) groups is 3. The van der Waals surface area contributed by atoms with Gasteiger partial charge < -0.3 is 9.64 Å². The standard InChI is InChI=1S/C23H24N2O4S/c1-15-9-11-24(12-10-15)21(26)14-25-22(27)20(30-23(25)28)13-16-7-8-19(29-2)18-6-4-3-5-17(16)18/h3-8,13,15H,9-12,14H2,1-2H3/b20-13+. The van der Waals surface area contributed by atoms with Crippen molar-refractivity contribution in [3.8, 4) is 5.75 Å². The van der Waals surface area contributed by atoms with E-state index < -0.39 is 11.1 Å². The van der Waals surface area contributed by atoms with Crippen LogP contribution in [0.2, 0.25) is 0 Å². The van der Waals surface area contributed by atoms with E-state index in [2.05, 4.69) is 6.92 Å². The highest BCUT2D eigenvalue weighted by atomic mass is 32.2. The van der Waals surface area contributed by atoms with Crippen molar-refractivity contribution in [2.45, 2.75) is 19.8 Å². The fourth-order valence-electron chi connectivity index (χ4n) is 3.87. The van der Waals surface area contributed by atoms with Crippen molar-refractivity contribution in [2.24, 2.45) is 5.92 Å². The van der Waals surface area contributed by atoms with E-state index in [-0.39, 0.29) is 12.5 Å². The first-order valence-corrected chi connectivity index (χ1v) is 10.9. The van der Waals surface area contributed by atoms with Gasteiger partial charge >= 0.3 is 0 Å². The predicted molar refractivity (Wildman–Crippen MR) is 118 cm³/mol. The molecule has 30 heavy (non-hydrogen) atoms. The Balaban J connectivity index is 1.55. The molecule has 2 heterocycles. The third kappa shape index (κ3) is 3.94. The average molecular weight is 425 g/mol. The van der Waals surface area contributed by atoms with E-state index in [1.807, 2.05) is 36.4 Å². The van der Waals surface area contributed by atoms with Gasteiger partial charge in [-0.1, -0.05) is 37.3 Å². The molecule has 0 saturated carbocycles. The van der Waals surface area contributed by atoms with Crippen LogP contribution in [0.4, 0.5) is 4.79 Å². The number of thioether (sulfide) groups is 1. The van der Waals surface area contributed by atoms with Crippen LogP contribution in [0.1, 0.15) is 25.3 Å². The molecule has 0 spiro atoms. The van der Waals surface area contributed by atoms with Gasteiger partial charge in [-0.2, -0.15) is 0 Å². The summed E-state index contributed by atoms with van der Waals surface area (Å²) < 4.78 is 5.42. The number of hydrogen-bond acceptors (Lipinski definition) is 5. The first-order valence-electron chi connectivity index (χ1n) is 10.1. The fourth-order valence-corrected chi connectivity index (χ4v) is 4.70. The Labute approximate surface area is 179 Å². The van der Waals surface area contributed by atoms with Crippen LogP contribution in [0.5, 0.6) is 5.75 Å². The number of fused-ring (bicyclic) bond motifs is 1. The molecule has 2 aromatic carbocycles. The van der Waals surface area contributed by atoms with E-state index in [1.54, 1.807) is 18.1 Å². The van der Waals surface area contributed by atoms with Gasteiger partial charge in [0.1, 0.15) is 12.3 Å². The quantitative estimate of drug-likeness (QED) is 0.690. The molecule has 2 saturated heterocycles. The molecule has 3 amide bonds. The Morgan fingerprint density at radius 2 is 1.83 bits per heavy atom. The van der Waals surface area contributed by atoms with Crippen molar-refractivity contribution in [2.75, 3.05) is 26.7 Å². The molecular formula is C23H24N2O4S. The zero-order chi connectivity index (χ0) is 21.3. The number of hydrogen-bond donors (Lipinski definition) is 0. The van der Waals surface area contributed by atoms with E-state index in [9.17, 15) is 14.4 Å². The highest BCUT2D eigenvalue weighted by molar-refractivity contribution is 8.18. The van der Waals surface area contributed by atoms with Gasteiger partial charge in [0.25, 0.3) is 11.1 Å². The number of carbonyl (C=O) groups excluding carboxylic acids is 3. The highest BCUT2D eigenvalue weighted by Gasteiger charge is 2.37. The average Bonchev–Trinajstić information content (AvgIpc) is 3.01. The molecule has 2 aromatic rings. The molecule has 4 rings (SSSR count). The summed E-state index contributed by atoms with van der Waals surface area (Å²) >= 11 is 0.881. The predicted octanol–water partition coefficient (Wildman–Crippen LogP) is 4.14. The number of nitrogens with zero attached hydrogens (tertiary/aromatic N) is 2. The number of piperidine rings is 1. The number of imide groups is 1. The molecule has 6 nitrogen and oxygen atoms in total. The molecule has 156 valence electrons. The minimum Gasteiger partial charge on any atom is -0.496 e. The molecule has 0 aromatic heterocycles. The van der Waals surface area contributed by atoms with Gasteiger partial charge in [-0.25, -0.2) is 0 Å². The van der Waals surface area contributed by atoms with E-state index in [1.165, 1.54) is 0 Å². The van der Waals surface area contributed by atoms with E-state index >= 15 is 0 Å². The number of rotatable bonds is 4. The molecule has 0 unspecified atom stereocenters.